The summed E-state index contributed by atoms with van der Waals surface area (Å²) < 4.78 is 0. The van der Waals surface area contributed by atoms with Crippen LogP contribution in [0.2, 0.25) is 10.0 Å². The molecule has 0 spiro atoms. The van der Waals surface area contributed by atoms with Gasteiger partial charge in [0, 0.05) is 22.2 Å². The van der Waals surface area contributed by atoms with Gasteiger partial charge < -0.3 is 5.32 Å². The SMILES string of the molecule is O=C(CC(=O)c1ccccc1)NCc1ccc(Cl)cc1Cl. The Kier molecular flexibility index (Phi) is 5.37. The average molecular weight is 322 g/mol. The minimum Gasteiger partial charge on any atom is -0.352 e. The van der Waals surface area contributed by atoms with Crippen molar-refractivity contribution in [2.45, 2.75) is 13.0 Å². The summed E-state index contributed by atoms with van der Waals surface area (Å²) in [6, 6.07) is 13.8. The van der Waals surface area contributed by atoms with E-state index in [2.05, 4.69) is 5.32 Å². The van der Waals surface area contributed by atoms with E-state index in [4.69, 9.17) is 23.2 Å². The van der Waals surface area contributed by atoms with E-state index in [0.717, 1.165) is 5.56 Å². The number of Topliss-reactive ketones (excluding diaryl/α,β-unsaturated/α-hetero) is 1. The van der Waals surface area contributed by atoms with Crippen molar-refractivity contribution in [1.29, 1.82) is 0 Å². The van der Waals surface area contributed by atoms with E-state index in [9.17, 15) is 9.59 Å². The van der Waals surface area contributed by atoms with Crippen LogP contribution in [0.15, 0.2) is 48.5 Å². The third kappa shape index (κ3) is 4.59. The van der Waals surface area contributed by atoms with E-state index in [1.807, 2.05) is 6.07 Å². The van der Waals surface area contributed by atoms with Crippen molar-refractivity contribution >= 4 is 34.9 Å². The molecule has 2 aromatic carbocycles. The summed E-state index contributed by atoms with van der Waals surface area (Å²) in [7, 11) is 0. The van der Waals surface area contributed by atoms with Gasteiger partial charge in [0.15, 0.2) is 5.78 Å². The minimum absolute atomic E-state index is 0.185. The Morgan fingerprint density at radius 3 is 2.38 bits per heavy atom. The average Bonchev–Trinajstić information content (AvgIpc) is 2.47. The van der Waals surface area contributed by atoms with Gasteiger partial charge in [0.05, 0.1) is 6.42 Å². The molecule has 1 N–H and O–H groups in total. The summed E-state index contributed by atoms with van der Waals surface area (Å²) in [6.07, 6.45) is -0.185. The minimum atomic E-state index is -0.338. The van der Waals surface area contributed by atoms with E-state index in [1.165, 1.54) is 0 Å². The lowest BCUT2D eigenvalue weighted by molar-refractivity contribution is -0.120. The fourth-order valence-electron chi connectivity index (χ4n) is 1.79. The molecule has 1 amide bonds. The van der Waals surface area contributed by atoms with Gasteiger partial charge in [-0.2, -0.15) is 0 Å². The van der Waals surface area contributed by atoms with E-state index < -0.39 is 0 Å². The highest BCUT2D eigenvalue weighted by Gasteiger charge is 2.11. The Hall–Kier alpha value is -1.84. The third-order valence-corrected chi connectivity index (χ3v) is 3.49. The molecule has 108 valence electrons. The fourth-order valence-corrected chi connectivity index (χ4v) is 2.27. The predicted molar refractivity (Wildman–Crippen MR) is 83.7 cm³/mol. The van der Waals surface area contributed by atoms with Crippen molar-refractivity contribution in [3.05, 3.63) is 69.7 Å². The lowest BCUT2D eigenvalue weighted by atomic mass is 10.1. The monoisotopic (exact) mass is 321 g/mol. The topological polar surface area (TPSA) is 46.2 Å². The molecule has 0 bridgehead atoms. The zero-order valence-corrected chi connectivity index (χ0v) is 12.6. The molecule has 0 saturated heterocycles. The summed E-state index contributed by atoms with van der Waals surface area (Å²) in [4.78, 5) is 23.7. The Balaban J connectivity index is 1.89. The molecule has 2 aromatic rings. The van der Waals surface area contributed by atoms with Gasteiger partial charge in [-0.05, 0) is 17.7 Å². The Labute approximate surface area is 132 Å². The van der Waals surface area contributed by atoms with E-state index in [0.29, 0.717) is 15.6 Å². The molecular formula is C16H13Cl2NO2. The van der Waals surface area contributed by atoms with Crippen LogP contribution >= 0.6 is 23.2 Å². The Morgan fingerprint density at radius 2 is 1.71 bits per heavy atom. The van der Waals surface area contributed by atoms with Crippen LogP contribution in [0.4, 0.5) is 0 Å². The second-order valence-corrected chi connectivity index (χ2v) is 5.32. The van der Waals surface area contributed by atoms with Gasteiger partial charge in [-0.3, -0.25) is 9.59 Å². The number of nitrogens with one attached hydrogen (secondary N) is 1. The van der Waals surface area contributed by atoms with Crippen LogP contribution < -0.4 is 5.32 Å². The van der Waals surface area contributed by atoms with Crippen LogP contribution in [0.25, 0.3) is 0 Å². The second-order valence-electron chi connectivity index (χ2n) is 4.48. The number of carbonyl (C=O) groups excluding carboxylic acids is 2. The van der Waals surface area contributed by atoms with Gasteiger partial charge in [0.1, 0.15) is 0 Å². The van der Waals surface area contributed by atoms with Crippen LogP contribution in [-0.2, 0) is 11.3 Å². The molecule has 0 radical (unpaired) electrons. The number of hydrogen-bond acceptors (Lipinski definition) is 2. The van der Waals surface area contributed by atoms with Gasteiger partial charge in [-0.25, -0.2) is 0 Å². The zero-order valence-electron chi connectivity index (χ0n) is 11.1. The predicted octanol–water partition coefficient (Wildman–Crippen LogP) is 3.88. The van der Waals surface area contributed by atoms with Crippen molar-refractivity contribution in [3.63, 3.8) is 0 Å². The van der Waals surface area contributed by atoms with Crippen molar-refractivity contribution < 1.29 is 9.59 Å². The maximum Gasteiger partial charge on any atom is 0.228 e. The summed E-state index contributed by atoms with van der Waals surface area (Å²) in [5, 5.41) is 3.69. The molecule has 0 aliphatic carbocycles. The quantitative estimate of drug-likeness (QED) is 0.671. The standard InChI is InChI=1S/C16H13Cl2NO2/c17-13-7-6-12(14(18)8-13)10-19-16(21)9-15(20)11-4-2-1-3-5-11/h1-8H,9-10H2,(H,19,21). The molecule has 0 fully saturated rings. The molecule has 0 aliphatic heterocycles. The van der Waals surface area contributed by atoms with Crippen LogP contribution in [0.3, 0.4) is 0 Å². The van der Waals surface area contributed by atoms with Crippen molar-refractivity contribution in [1.82, 2.24) is 5.32 Å². The highest BCUT2D eigenvalue weighted by molar-refractivity contribution is 6.35. The molecule has 0 unspecified atom stereocenters. The number of amides is 1. The maximum absolute atomic E-state index is 11.9. The maximum atomic E-state index is 11.9. The summed E-state index contributed by atoms with van der Waals surface area (Å²) in [5.41, 5.74) is 1.28. The van der Waals surface area contributed by atoms with Gasteiger partial charge >= 0.3 is 0 Å². The van der Waals surface area contributed by atoms with Crippen LogP contribution in [0.5, 0.6) is 0 Å². The van der Waals surface area contributed by atoms with Crippen molar-refractivity contribution in [2.24, 2.45) is 0 Å². The van der Waals surface area contributed by atoms with Crippen molar-refractivity contribution in [2.75, 3.05) is 0 Å². The van der Waals surface area contributed by atoms with Gasteiger partial charge in [-0.15, -0.1) is 0 Å². The lowest BCUT2D eigenvalue weighted by Crippen LogP contribution is -2.25. The molecular weight excluding hydrogens is 309 g/mol. The zero-order chi connectivity index (χ0) is 15.2. The number of hydrogen-bond donors (Lipinski definition) is 1. The van der Waals surface area contributed by atoms with E-state index in [1.54, 1.807) is 42.5 Å². The smallest absolute Gasteiger partial charge is 0.228 e. The van der Waals surface area contributed by atoms with Crippen LogP contribution in [-0.4, -0.2) is 11.7 Å². The Morgan fingerprint density at radius 1 is 1.00 bits per heavy atom. The second kappa shape index (κ2) is 7.25. The number of benzene rings is 2. The highest BCUT2D eigenvalue weighted by atomic mass is 35.5. The molecule has 0 aromatic heterocycles. The number of ketones is 1. The summed E-state index contributed by atoms with van der Waals surface area (Å²) in [5.74, 6) is -0.551. The molecule has 3 nitrogen and oxygen atoms in total. The molecule has 0 heterocycles. The highest BCUT2D eigenvalue weighted by Crippen LogP contribution is 2.20. The largest absolute Gasteiger partial charge is 0.352 e. The molecule has 0 aliphatic rings. The summed E-state index contributed by atoms with van der Waals surface area (Å²) >= 11 is 11.8. The number of carbonyl (C=O) groups is 2. The van der Waals surface area contributed by atoms with Gasteiger partial charge in [0.2, 0.25) is 5.91 Å². The normalized spacial score (nSPS) is 10.2. The first-order chi connectivity index (χ1) is 10.1. The van der Waals surface area contributed by atoms with Gasteiger partial charge in [-0.1, -0.05) is 59.6 Å². The molecule has 0 saturated carbocycles. The number of rotatable bonds is 5. The fraction of sp³-hybridized carbons (Fsp3) is 0.125. The lowest BCUT2D eigenvalue weighted by Gasteiger charge is -2.07. The molecule has 0 atom stereocenters. The van der Waals surface area contributed by atoms with E-state index in [-0.39, 0.29) is 24.7 Å². The molecule has 2 rings (SSSR count). The van der Waals surface area contributed by atoms with Crippen LogP contribution in [0.1, 0.15) is 22.3 Å². The molecule has 5 heteroatoms. The van der Waals surface area contributed by atoms with Crippen molar-refractivity contribution in [3.8, 4) is 0 Å². The first-order valence-corrected chi connectivity index (χ1v) is 7.11. The number of halogens is 2. The van der Waals surface area contributed by atoms with Crippen LogP contribution in [0, 0.1) is 0 Å². The molecule has 21 heavy (non-hydrogen) atoms. The third-order valence-electron chi connectivity index (χ3n) is 2.91. The Bertz CT molecular complexity index is 657. The van der Waals surface area contributed by atoms with Gasteiger partial charge in [0.25, 0.3) is 0 Å². The summed E-state index contributed by atoms with van der Waals surface area (Å²) in [6.45, 7) is 0.261. The first-order valence-electron chi connectivity index (χ1n) is 6.35. The first kappa shape index (κ1) is 15.5. The van der Waals surface area contributed by atoms with E-state index >= 15 is 0 Å².